The number of rotatable bonds is 16. The van der Waals surface area contributed by atoms with Gasteiger partial charge in [-0.05, 0) is 267 Å². The van der Waals surface area contributed by atoms with Gasteiger partial charge < -0.3 is 99.6 Å². The molecule has 4 aromatic heterocycles. The summed E-state index contributed by atoms with van der Waals surface area (Å²) >= 11 is 0. The van der Waals surface area contributed by atoms with Crippen molar-refractivity contribution in [1.29, 1.82) is 0 Å². The minimum atomic E-state index is -0.686. The van der Waals surface area contributed by atoms with E-state index in [1.54, 1.807) is 30.2 Å². The molecule has 12 fully saturated rings. The molecule has 0 unspecified atom stereocenters. The number of carbonyl (C=O) groups is 5. The minimum absolute atomic E-state index is 0.0347. The van der Waals surface area contributed by atoms with Gasteiger partial charge in [-0.3, -0.25) is 4.90 Å². The molecule has 24 rings (SSSR count). The summed E-state index contributed by atoms with van der Waals surface area (Å²) in [6.07, 6.45) is 17.0. The largest absolute Gasteiger partial charge is 0.378 e. The average Bonchev–Trinajstić information content (AvgIpc) is 0.937. The van der Waals surface area contributed by atoms with Gasteiger partial charge >= 0.3 is 30.2 Å². The zero-order chi connectivity index (χ0) is 102. The number of piperazine rings is 1. The molecule has 12 aliphatic heterocycles. The number of hydrogen-bond donors (Lipinski definition) is 5. The third kappa shape index (κ3) is 24.7. The zero-order valence-electron chi connectivity index (χ0n) is 85.9. The van der Waals surface area contributed by atoms with E-state index in [-0.39, 0.29) is 42.0 Å². The molecule has 16 heterocycles. The van der Waals surface area contributed by atoms with Crippen molar-refractivity contribution < 1.29 is 47.0 Å². The predicted molar refractivity (Wildman–Crippen MR) is 588 cm³/mol. The number of amides is 10. The topological polar surface area (TPSA) is 318 Å². The van der Waals surface area contributed by atoms with Crippen LogP contribution in [0, 0.1) is 0 Å². The van der Waals surface area contributed by atoms with Crippen LogP contribution in [0.1, 0.15) is 136 Å². The molecule has 0 spiro atoms. The van der Waals surface area contributed by atoms with Gasteiger partial charge in [-0.1, -0.05) is 0 Å². The van der Waals surface area contributed by atoms with E-state index < -0.39 is 12.3 Å². The Bertz CT molecular complexity index is 6590. The zero-order valence-corrected chi connectivity index (χ0v) is 85.9. The number of urea groups is 5. The van der Waals surface area contributed by atoms with E-state index in [4.69, 9.17) is 19.2 Å². The summed E-state index contributed by atoms with van der Waals surface area (Å²) in [5, 5.41) is 19.4. The summed E-state index contributed by atoms with van der Waals surface area (Å²) < 4.78 is 43.4. The summed E-state index contributed by atoms with van der Waals surface area (Å²) in [5.74, 6) is 1.15. The van der Waals surface area contributed by atoms with Crippen molar-refractivity contribution in [3.63, 3.8) is 0 Å². The molecule has 8 aromatic carbocycles. The summed E-state index contributed by atoms with van der Waals surface area (Å²) in [7, 11) is 2.18. The first-order valence-electron chi connectivity index (χ1n) is 54.2. The van der Waals surface area contributed by atoms with Gasteiger partial charge in [0.05, 0.1) is 84.5 Å². The number of anilines is 12. The molecule has 36 heteroatoms. The SMILES string of the molecule is CN1CCN(c2ccc3ncnc(C4CCN(C(=O)Nc5ccc(N6CCOCC6)cc5)CC4)c3c2)CC1.O=C(Nc1ccc(N2CCCC2)cc1)N1CCC(c2ncnc3cc(N4CCC(F)CC4)ccc23)CC1.O=C(Nc1ccc(N2CCOCC2)cc1)N1CCC(c2ncnc3cc(N4CCC(F)CC4)ccc23)CC1.O=C(Nc1ccc(N2CCOCC2)cc1)N1CCC(c2ncnc3cc(N4CCNC4=O)ccc23)CC1. The molecule has 12 aliphatic rings. The normalized spacial score (nSPS) is 19.4. The lowest BCUT2D eigenvalue weighted by Crippen LogP contribution is -2.44. The second-order valence-electron chi connectivity index (χ2n) is 41.3. The Morgan fingerprint density at radius 1 is 0.280 bits per heavy atom. The van der Waals surface area contributed by atoms with E-state index in [2.05, 4.69) is 211 Å². The predicted octanol–water partition coefficient (Wildman–Crippen LogP) is 17.4. The lowest BCUT2D eigenvalue weighted by Gasteiger charge is -2.34. The maximum Gasteiger partial charge on any atom is 0.321 e. The average molecular weight is 2040 g/mol. The molecule has 150 heavy (non-hydrogen) atoms. The fraction of sp³-hybridized carbons (Fsp3) is 0.465. The van der Waals surface area contributed by atoms with Crippen LogP contribution in [0.5, 0.6) is 0 Å². The minimum Gasteiger partial charge on any atom is -0.378 e. The van der Waals surface area contributed by atoms with Crippen LogP contribution in [0.2, 0.25) is 0 Å². The van der Waals surface area contributed by atoms with Gasteiger partial charge in [0.2, 0.25) is 0 Å². The summed E-state index contributed by atoms with van der Waals surface area (Å²) in [5.41, 5.74) is 20.2. The highest BCUT2D eigenvalue weighted by Crippen LogP contribution is 2.41. The Morgan fingerprint density at radius 3 is 0.880 bits per heavy atom. The second kappa shape index (κ2) is 48.2. The van der Waals surface area contributed by atoms with Gasteiger partial charge in [0.15, 0.2) is 0 Å². The van der Waals surface area contributed by atoms with Crippen molar-refractivity contribution in [3.05, 3.63) is 218 Å². The van der Waals surface area contributed by atoms with Gasteiger partial charge in [0, 0.05) is 284 Å². The van der Waals surface area contributed by atoms with Crippen LogP contribution in [-0.4, -0.2) is 324 Å². The summed E-state index contributed by atoms with van der Waals surface area (Å²) in [6, 6.07) is 57.3. The number of benzene rings is 8. The third-order valence-corrected chi connectivity index (χ3v) is 32.0. The molecule has 12 saturated heterocycles. The van der Waals surface area contributed by atoms with Crippen molar-refractivity contribution in [2.24, 2.45) is 0 Å². The van der Waals surface area contributed by atoms with Crippen LogP contribution in [-0.2, 0) is 14.2 Å². The van der Waals surface area contributed by atoms with Crippen molar-refractivity contribution >= 4 is 142 Å². The van der Waals surface area contributed by atoms with Crippen LogP contribution in [0.15, 0.2) is 195 Å². The highest BCUT2D eigenvalue weighted by molar-refractivity contribution is 5.98. The second-order valence-corrected chi connectivity index (χ2v) is 41.3. The van der Waals surface area contributed by atoms with E-state index in [1.807, 2.05) is 86.3 Å². The van der Waals surface area contributed by atoms with Gasteiger partial charge in [-0.15, -0.1) is 0 Å². The molecule has 5 N–H and O–H groups in total. The Morgan fingerprint density at radius 2 is 0.553 bits per heavy atom. The molecule has 10 amide bonds. The van der Waals surface area contributed by atoms with Gasteiger partial charge in [0.1, 0.15) is 37.7 Å². The number of alkyl halides is 2. The fourth-order valence-electron chi connectivity index (χ4n) is 23.0. The molecule has 786 valence electrons. The van der Waals surface area contributed by atoms with E-state index in [9.17, 15) is 32.8 Å². The molecular weight excluding hydrogens is 1900 g/mol. The van der Waals surface area contributed by atoms with Crippen molar-refractivity contribution in [1.82, 2.24) is 69.7 Å². The first-order valence-corrected chi connectivity index (χ1v) is 54.2. The number of piperidine rings is 6. The van der Waals surface area contributed by atoms with Crippen LogP contribution < -0.4 is 65.8 Å². The van der Waals surface area contributed by atoms with Gasteiger partial charge in [-0.25, -0.2) is 72.6 Å². The first kappa shape index (κ1) is 102. The number of aromatic nitrogens is 8. The quantitative estimate of drug-likeness (QED) is 0.0600. The Kier molecular flexibility index (Phi) is 32.6. The number of likely N-dealkylation sites (N-methyl/N-ethyl adjacent to an activating group) is 1. The lowest BCUT2D eigenvalue weighted by atomic mass is 9.91. The molecule has 0 saturated carbocycles. The number of nitrogens with one attached hydrogen (secondary N) is 5. The number of morpholine rings is 3. The maximum absolute atomic E-state index is 13.6. The number of halogens is 2. The van der Waals surface area contributed by atoms with Crippen LogP contribution >= 0.6 is 0 Å². The number of ether oxygens (including phenoxy) is 3. The van der Waals surface area contributed by atoms with Crippen LogP contribution in [0.25, 0.3) is 43.6 Å². The highest BCUT2D eigenvalue weighted by atomic mass is 19.1. The summed E-state index contributed by atoms with van der Waals surface area (Å²) in [6.45, 7) is 26.1. The van der Waals surface area contributed by atoms with E-state index >= 15 is 0 Å². The van der Waals surface area contributed by atoms with Crippen molar-refractivity contribution in [2.45, 2.75) is 126 Å². The number of carbonyl (C=O) groups excluding carboxylic acids is 5. The Hall–Kier alpha value is -14.2. The molecule has 0 aliphatic carbocycles. The lowest BCUT2D eigenvalue weighted by molar-refractivity contribution is 0.122. The molecule has 34 nitrogen and oxygen atoms in total. The fourth-order valence-corrected chi connectivity index (χ4v) is 23.0. The standard InChI is InChI=1S/C29H35FN6O2.C29H35FN6O.C29H37N7O2.C27H31N7O3/c30-22-9-13-34(14-10-22)25-5-6-26-27(19-25)31-20-32-28(26)21-7-11-36(12-8-21)29(37)33-23-1-3-24(4-2-23)35-15-17-38-18-16-35;30-22-11-17-35(18-12-22)25-7-8-26-27(19-25)31-20-32-28(26)21-9-15-36(16-10-21)29(37)33-23-3-5-24(6-4-23)34-13-1-2-14-34;1-33-12-14-34(15-13-33)25-6-7-27-26(20-25)28(31-21-30-27)22-8-10-36(11-9-22)29(37)32-23-2-4-24(5-3-23)35-16-18-38-19-17-35;35-26-28-9-12-34(26)22-5-6-23-24(17-22)29-18-30-25(23)19-7-10-33(11-8-19)27(36)31-20-1-3-21(4-2-20)32-13-15-37-16-14-32/h1-6,19-22H,7-18H2,(H,33,37);3-8,19-22H,1-2,9-18H2,(H,33,37);2-7,20-22H,8-19H2,1H3,(H,32,37);1-6,17-19H,7-16H2,(H,28,35)(H,31,36). The van der Waals surface area contributed by atoms with Crippen LogP contribution in [0.3, 0.4) is 0 Å². The number of hydrogen-bond acceptors (Lipinski definition) is 24. The summed E-state index contributed by atoms with van der Waals surface area (Å²) in [4.78, 5) is 129. The smallest absolute Gasteiger partial charge is 0.321 e. The molecule has 0 bridgehead atoms. The van der Waals surface area contributed by atoms with Gasteiger partial charge in [0.25, 0.3) is 0 Å². The van der Waals surface area contributed by atoms with E-state index in [1.165, 1.54) is 29.9 Å². The first-order chi connectivity index (χ1) is 73.6. The highest BCUT2D eigenvalue weighted by Gasteiger charge is 2.35. The molecule has 0 atom stereocenters. The molecular formula is C114H138F2N26O8. The van der Waals surface area contributed by atoms with E-state index in [0.717, 1.165) is 313 Å². The van der Waals surface area contributed by atoms with Crippen molar-refractivity contribution in [3.8, 4) is 0 Å². The number of fused-ring (bicyclic) bond motifs is 4. The Labute approximate surface area is 875 Å². The Balaban J connectivity index is 0.000000117. The maximum atomic E-state index is 13.6. The number of nitrogens with zero attached hydrogens (tertiary/aromatic N) is 21. The van der Waals surface area contributed by atoms with E-state index in [0.29, 0.717) is 103 Å². The molecule has 12 aromatic rings. The number of likely N-dealkylation sites (tertiary alicyclic amines) is 4. The molecule has 0 radical (unpaired) electrons. The van der Waals surface area contributed by atoms with Gasteiger partial charge in [-0.2, -0.15) is 0 Å². The third-order valence-electron chi connectivity index (χ3n) is 32.0. The van der Waals surface area contributed by atoms with Crippen molar-refractivity contribution in [2.75, 3.05) is 277 Å². The van der Waals surface area contributed by atoms with Crippen LogP contribution in [0.4, 0.5) is 101 Å². The monoisotopic (exact) mass is 2040 g/mol.